The van der Waals surface area contributed by atoms with E-state index in [1.165, 1.54) is 11.1 Å². The number of benzene rings is 2. The van der Waals surface area contributed by atoms with Crippen LogP contribution in [0.15, 0.2) is 46.9 Å². The van der Waals surface area contributed by atoms with Crippen molar-refractivity contribution in [3.63, 3.8) is 0 Å². The molecule has 0 saturated carbocycles. The van der Waals surface area contributed by atoms with Crippen molar-refractivity contribution in [2.24, 2.45) is 0 Å². The zero-order valence-corrected chi connectivity index (χ0v) is 15.0. The Morgan fingerprint density at radius 1 is 1.26 bits per heavy atom. The summed E-state index contributed by atoms with van der Waals surface area (Å²) < 4.78 is 2.20. The van der Waals surface area contributed by atoms with Gasteiger partial charge in [-0.1, -0.05) is 45.7 Å². The van der Waals surface area contributed by atoms with Crippen LogP contribution in [0.5, 0.6) is 0 Å². The van der Waals surface area contributed by atoms with Gasteiger partial charge in [0.05, 0.1) is 5.02 Å². The van der Waals surface area contributed by atoms with Crippen molar-refractivity contribution >= 4 is 50.1 Å². The Kier molecular flexibility index (Phi) is 5.69. The first-order valence-electron chi connectivity index (χ1n) is 5.97. The van der Waals surface area contributed by atoms with Crippen molar-refractivity contribution in [1.29, 1.82) is 0 Å². The number of hydrogen-bond donors (Lipinski definition) is 1. The first-order valence-corrected chi connectivity index (χ1v) is 8.22. The summed E-state index contributed by atoms with van der Waals surface area (Å²) in [5.74, 6) is 0. The average Bonchev–Trinajstić information content (AvgIpc) is 2.39. The van der Waals surface area contributed by atoms with Gasteiger partial charge in [0.15, 0.2) is 0 Å². The highest BCUT2D eigenvalue weighted by molar-refractivity contribution is 14.1. The summed E-state index contributed by atoms with van der Waals surface area (Å²) in [5, 5.41) is 4.17. The summed E-state index contributed by atoms with van der Waals surface area (Å²) in [7, 11) is 1.98. The maximum absolute atomic E-state index is 6.20. The molecule has 0 radical (unpaired) electrons. The number of nitrogens with one attached hydrogen (secondary N) is 1. The zero-order chi connectivity index (χ0) is 13.8. The van der Waals surface area contributed by atoms with Crippen LogP contribution in [0.4, 0.5) is 0 Å². The molecule has 0 aliphatic rings. The molecule has 4 heteroatoms. The van der Waals surface area contributed by atoms with Gasteiger partial charge in [-0.3, -0.25) is 0 Å². The maximum Gasteiger partial charge on any atom is 0.0542 e. The van der Waals surface area contributed by atoms with Crippen molar-refractivity contribution < 1.29 is 0 Å². The lowest BCUT2D eigenvalue weighted by Gasteiger charge is -2.17. The molecule has 2 aromatic carbocycles. The van der Waals surface area contributed by atoms with Crippen LogP contribution in [-0.2, 0) is 6.42 Å². The van der Waals surface area contributed by atoms with Crippen LogP contribution >= 0.6 is 50.1 Å². The van der Waals surface area contributed by atoms with Gasteiger partial charge in [-0.15, -0.1) is 0 Å². The molecule has 100 valence electrons. The van der Waals surface area contributed by atoms with E-state index in [1.807, 2.05) is 19.2 Å². The summed E-state index contributed by atoms with van der Waals surface area (Å²) in [4.78, 5) is 0. The first kappa shape index (κ1) is 15.3. The van der Waals surface area contributed by atoms with E-state index in [4.69, 9.17) is 11.6 Å². The summed E-state index contributed by atoms with van der Waals surface area (Å²) in [6.07, 6.45) is 0.937. The van der Waals surface area contributed by atoms with Crippen molar-refractivity contribution in [2.75, 3.05) is 7.05 Å². The van der Waals surface area contributed by atoms with Crippen LogP contribution in [0.3, 0.4) is 0 Å². The monoisotopic (exact) mass is 449 g/mol. The van der Waals surface area contributed by atoms with E-state index in [1.54, 1.807) is 0 Å². The van der Waals surface area contributed by atoms with Crippen molar-refractivity contribution in [3.8, 4) is 0 Å². The number of halogens is 3. The van der Waals surface area contributed by atoms with Gasteiger partial charge in [-0.25, -0.2) is 0 Å². The van der Waals surface area contributed by atoms with Gasteiger partial charge >= 0.3 is 0 Å². The number of likely N-dealkylation sites (N-methyl/N-ethyl adjacent to an activating group) is 1. The highest BCUT2D eigenvalue weighted by atomic mass is 127. The van der Waals surface area contributed by atoms with Crippen LogP contribution in [0.1, 0.15) is 17.2 Å². The third-order valence-electron chi connectivity index (χ3n) is 3.02. The predicted molar refractivity (Wildman–Crippen MR) is 93.8 cm³/mol. The molecule has 19 heavy (non-hydrogen) atoms. The molecule has 0 aliphatic heterocycles. The first-order chi connectivity index (χ1) is 9.10. The lowest BCUT2D eigenvalue weighted by molar-refractivity contribution is 0.592. The second-order valence-corrected chi connectivity index (χ2v) is 6.83. The second-order valence-electron chi connectivity index (χ2n) is 4.35. The number of hydrogen-bond acceptors (Lipinski definition) is 1. The van der Waals surface area contributed by atoms with Crippen molar-refractivity contribution in [1.82, 2.24) is 5.32 Å². The summed E-state index contributed by atoms with van der Waals surface area (Å²) >= 11 is 12.0. The summed E-state index contributed by atoms with van der Waals surface area (Å²) in [5.41, 5.74) is 2.51. The van der Waals surface area contributed by atoms with E-state index in [-0.39, 0.29) is 6.04 Å². The molecule has 0 saturated heterocycles. The molecule has 0 spiro atoms. The molecule has 0 amide bonds. The van der Waals surface area contributed by atoms with Crippen molar-refractivity contribution in [2.45, 2.75) is 12.5 Å². The number of rotatable bonds is 4. The highest BCUT2D eigenvalue weighted by Crippen LogP contribution is 2.25. The molecule has 1 atom stereocenters. The lowest BCUT2D eigenvalue weighted by atomic mass is 9.99. The maximum atomic E-state index is 6.20. The van der Waals surface area contributed by atoms with Crippen molar-refractivity contribution in [3.05, 3.63) is 66.7 Å². The molecule has 1 unspecified atom stereocenters. The third kappa shape index (κ3) is 4.18. The average molecular weight is 451 g/mol. The van der Waals surface area contributed by atoms with E-state index in [0.29, 0.717) is 0 Å². The van der Waals surface area contributed by atoms with E-state index >= 15 is 0 Å². The molecular weight excluding hydrogens is 436 g/mol. The Labute approximate surface area is 141 Å². The van der Waals surface area contributed by atoms with Crippen LogP contribution in [0.2, 0.25) is 5.02 Å². The fourth-order valence-corrected chi connectivity index (χ4v) is 2.99. The van der Waals surface area contributed by atoms with Crippen LogP contribution in [0, 0.1) is 3.57 Å². The van der Waals surface area contributed by atoms with Gasteiger partial charge in [0.1, 0.15) is 0 Å². The lowest BCUT2D eigenvalue weighted by Crippen LogP contribution is -2.18. The van der Waals surface area contributed by atoms with Gasteiger partial charge < -0.3 is 5.32 Å². The minimum atomic E-state index is 0.267. The topological polar surface area (TPSA) is 12.0 Å². The molecule has 0 fully saturated rings. The van der Waals surface area contributed by atoms with Crippen LogP contribution < -0.4 is 5.32 Å². The molecule has 0 heterocycles. The van der Waals surface area contributed by atoms with E-state index < -0.39 is 0 Å². The standard InChI is InChI=1S/C15H14BrClIN/c1-19-15(8-10-3-2-4-12(16)7-10)11-5-6-14(18)13(17)9-11/h2-7,9,15,19H,8H2,1H3. The highest BCUT2D eigenvalue weighted by Gasteiger charge is 2.11. The summed E-state index contributed by atoms with van der Waals surface area (Å²) in [6.45, 7) is 0. The Bertz CT molecular complexity index is 574. The SMILES string of the molecule is CNC(Cc1cccc(Br)c1)c1ccc(I)c(Cl)c1. The van der Waals surface area contributed by atoms with Gasteiger partial charge in [-0.05, 0) is 71.5 Å². The predicted octanol–water partition coefficient (Wildman–Crippen LogP) is 5.21. The molecule has 0 aromatic heterocycles. The zero-order valence-electron chi connectivity index (χ0n) is 10.5. The molecule has 1 nitrogen and oxygen atoms in total. The summed E-state index contributed by atoms with van der Waals surface area (Å²) in [6, 6.07) is 14.9. The van der Waals surface area contributed by atoms with E-state index in [9.17, 15) is 0 Å². The van der Waals surface area contributed by atoms with Crippen LogP contribution in [0.25, 0.3) is 0 Å². The Balaban J connectivity index is 2.22. The fourth-order valence-electron chi connectivity index (χ4n) is 2.02. The molecule has 1 N–H and O–H groups in total. The van der Waals surface area contributed by atoms with Gasteiger partial charge in [-0.2, -0.15) is 0 Å². The Hall–Kier alpha value is -0.100. The Morgan fingerprint density at radius 2 is 2.05 bits per heavy atom. The van der Waals surface area contributed by atoms with Gasteiger partial charge in [0.2, 0.25) is 0 Å². The minimum Gasteiger partial charge on any atom is -0.313 e. The molecular formula is C15H14BrClIN. The molecule has 0 bridgehead atoms. The van der Waals surface area contributed by atoms with Crippen LogP contribution in [-0.4, -0.2) is 7.05 Å². The molecule has 0 aliphatic carbocycles. The third-order valence-corrected chi connectivity index (χ3v) is 5.09. The van der Waals surface area contributed by atoms with E-state index in [0.717, 1.165) is 19.5 Å². The molecule has 2 rings (SSSR count). The second kappa shape index (κ2) is 7.07. The Morgan fingerprint density at radius 3 is 2.68 bits per heavy atom. The van der Waals surface area contributed by atoms with Gasteiger partial charge in [0.25, 0.3) is 0 Å². The van der Waals surface area contributed by atoms with E-state index in [2.05, 4.69) is 74.2 Å². The largest absolute Gasteiger partial charge is 0.313 e. The quantitative estimate of drug-likeness (QED) is 0.631. The normalized spacial score (nSPS) is 12.4. The smallest absolute Gasteiger partial charge is 0.0542 e. The molecule has 2 aromatic rings. The minimum absolute atomic E-state index is 0.267. The van der Waals surface area contributed by atoms with Gasteiger partial charge in [0, 0.05) is 14.1 Å². The fraction of sp³-hybridized carbons (Fsp3) is 0.200.